The number of halogens is 1. The molecule has 0 aliphatic carbocycles. The quantitative estimate of drug-likeness (QED) is 0.909. The minimum absolute atomic E-state index is 0.0740. The van der Waals surface area contributed by atoms with Gasteiger partial charge in [0.25, 0.3) is 0 Å². The van der Waals surface area contributed by atoms with Crippen LogP contribution in [0.5, 0.6) is 5.75 Å². The molecule has 1 atom stereocenters. The zero-order valence-electron chi connectivity index (χ0n) is 13.9. The van der Waals surface area contributed by atoms with E-state index in [0.29, 0.717) is 24.5 Å². The van der Waals surface area contributed by atoms with Crippen molar-refractivity contribution in [3.05, 3.63) is 59.9 Å². The molecule has 25 heavy (non-hydrogen) atoms. The van der Waals surface area contributed by atoms with Gasteiger partial charge < -0.3 is 15.0 Å². The number of ether oxygens (including phenoxy) is 1. The number of amides is 2. The number of hydrogen-bond donors (Lipinski definition) is 1. The zero-order chi connectivity index (χ0) is 17.8. The molecule has 0 unspecified atom stereocenters. The van der Waals surface area contributed by atoms with E-state index in [0.717, 1.165) is 5.56 Å². The van der Waals surface area contributed by atoms with Crippen molar-refractivity contribution in [2.75, 3.05) is 19.0 Å². The Bertz CT molecular complexity index is 776. The third-order valence-corrected chi connectivity index (χ3v) is 4.21. The topological polar surface area (TPSA) is 58.6 Å². The number of nitrogens with zero attached hydrogens (tertiary/aromatic N) is 1. The van der Waals surface area contributed by atoms with Gasteiger partial charge >= 0.3 is 0 Å². The van der Waals surface area contributed by atoms with Crippen LogP contribution in [0.25, 0.3) is 0 Å². The summed E-state index contributed by atoms with van der Waals surface area (Å²) >= 11 is 0. The average molecular weight is 342 g/mol. The van der Waals surface area contributed by atoms with Crippen LogP contribution in [0, 0.1) is 11.7 Å². The minimum Gasteiger partial charge on any atom is -0.497 e. The van der Waals surface area contributed by atoms with Gasteiger partial charge in [-0.1, -0.05) is 18.2 Å². The molecule has 1 heterocycles. The number of anilines is 1. The van der Waals surface area contributed by atoms with Gasteiger partial charge in [0, 0.05) is 31.3 Å². The molecule has 1 N–H and O–H groups in total. The first-order chi connectivity index (χ1) is 12.0. The van der Waals surface area contributed by atoms with E-state index in [4.69, 9.17) is 4.74 Å². The summed E-state index contributed by atoms with van der Waals surface area (Å²) in [7, 11) is 1.56. The van der Waals surface area contributed by atoms with Crippen molar-refractivity contribution in [3.63, 3.8) is 0 Å². The summed E-state index contributed by atoms with van der Waals surface area (Å²) in [5.74, 6) is -0.331. The van der Waals surface area contributed by atoms with Gasteiger partial charge in [-0.05, 0) is 29.8 Å². The first kappa shape index (κ1) is 17.0. The first-order valence-electron chi connectivity index (χ1n) is 8.02. The Balaban J connectivity index is 1.61. The summed E-state index contributed by atoms with van der Waals surface area (Å²) in [6.07, 6.45) is 0.178. The molecule has 0 bridgehead atoms. The van der Waals surface area contributed by atoms with E-state index in [1.54, 1.807) is 48.4 Å². The molecule has 1 saturated heterocycles. The molecule has 1 fully saturated rings. The van der Waals surface area contributed by atoms with Crippen molar-refractivity contribution >= 4 is 17.5 Å². The van der Waals surface area contributed by atoms with Crippen LogP contribution in [-0.2, 0) is 16.1 Å². The van der Waals surface area contributed by atoms with E-state index in [1.807, 2.05) is 0 Å². The summed E-state index contributed by atoms with van der Waals surface area (Å²) in [6.45, 7) is 0.730. The minimum atomic E-state index is -0.404. The SMILES string of the molecule is COc1cccc(NC(=O)[C@@H]2CC(=O)N(Cc3ccc(F)cc3)C2)c1. The Morgan fingerprint density at radius 1 is 1.28 bits per heavy atom. The Kier molecular flexibility index (Phi) is 4.97. The van der Waals surface area contributed by atoms with E-state index in [-0.39, 0.29) is 24.1 Å². The van der Waals surface area contributed by atoms with Gasteiger partial charge in [0.05, 0.1) is 13.0 Å². The van der Waals surface area contributed by atoms with Crippen LogP contribution in [0.3, 0.4) is 0 Å². The molecule has 2 amide bonds. The van der Waals surface area contributed by atoms with Crippen LogP contribution in [-0.4, -0.2) is 30.4 Å². The molecule has 1 aliphatic rings. The third kappa shape index (κ3) is 4.15. The van der Waals surface area contributed by atoms with Crippen molar-refractivity contribution in [2.24, 2.45) is 5.92 Å². The van der Waals surface area contributed by atoms with Gasteiger partial charge in [-0.2, -0.15) is 0 Å². The second-order valence-electron chi connectivity index (χ2n) is 6.02. The lowest BCUT2D eigenvalue weighted by atomic mass is 10.1. The molecule has 0 aromatic heterocycles. The summed E-state index contributed by atoms with van der Waals surface area (Å²) in [6, 6.07) is 13.1. The van der Waals surface area contributed by atoms with E-state index in [9.17, 15) is 14.0 Å². The number of carbonyl (C=O) groups is 2. The first-order valence-corrected chi connectivity index (χ1v) is 8.02. The molecule has 0 spiro atoms. The standard InChI is InChI=1S/C19H19FN2O3/c1-25-17-4-2-3-16(10-17)21-19(24)14-9-18(23)22(12-14)11-13-5-7-15(20)8-6-13/h2-8,10,14H,9,11-12H2,1H3,(H,21,24)/t14-/m1/s1. The summed E-state index contributed by atoms with van der Waals surface area (Å²) in [5, 5.41) is 2.82. The monoisotopic (exact) mass is 342 g/mol. The molecular weight excluding hydrogens is 323 g/mol. The van der Waals surface area contributed by atoms with Crippen molar-refractivity contribution in [1.82, 2.24) is 4.90 Å². The largest absolute Gasteiger partial charge is 0.497 e. The molecule has 2 aromatic carbocycles. The maximum atomic E-state index is 13.0. The zero-order valence-corrected chi connectivity index (χ0v) is 13.9. The lowest BCUT2D eigenvalue weighted by molar-refractivity contribution is -0.128. The number of methoxy groups -OCH3 is 1. The number of nitrogens with one attached hydrogen (secondary N) is 1. The van der Waals surface area contributed by atoms with Crippen molar-refractivity contribution < 1.29 is 18.7 Å². The van der Waals surface area contributed by atoms with Gasteiger partial charge in [0.1, 0.15) is 11.6 Å². The van der Waals surface area contributed by atoms with Gasteiger partial charge in [-0.3, -0.25) is 9.59 Å². The van der Waals surface area contributed by atoms with Crippen LogP contribution < -0.4 is 10.1 Å². The Labute approximate surface area is 145 Å². The second-order valence-corrected chi connectivity index (χ2v) is 6.02. The molecule has 6 heteroatoms. The highest BCUT2D eigenvalue weighted by Gasteiger charge is 2.34. The lowest BCUT2D eigenvalue weighted by Crippen LogP contribution is -2.28. The number of hydrogen-bond acceptors (Lipinski definition) is 3. The van der Waals surface area contributed by atoms with Gasteiger partial charge in [0.15, 0.2) is 0 Å². The maximum absolute atomic E-state index is 13.0. The van der Waals surface area contributed by atoms with Gasteiger partial charge in [0.2, 0.25) is 11.8 Å². The van der Waals surface area contributed by atoms with Crippen LogP contribution >= 0.6 is 0 Å². The smallest absolute Gasteiger partial charge is 0.229 e. The normalized spacial score (nSPS) is 16.8. The van der Waals surface area contributed by atoms with Crippen molar-refractivity contribution in [3.8, 4) is 5.75 Å². The summed E-state index contributed by atoms with van der Waals surface area (Å²) in [4.78, 5) is 26.2. The number of carbonyl (C=O) groups excluding carboxylic acids is 2. The number of rotatable bonds is 5. The van der Waals surface area contributed by atoms with Crippen LogP contribution in [0.4, 0.5) is 10.1 Å². The average Bonchev–Trinajstić information content (AvgIpc) is 2.98. The molecule has 1 aliphatic heterocycles. The molecule has 0 saturated carbocycles. The van der Waals surface area contributed by atoms with Crippen LogP contribution in [0.1, 0.15) is 12.0 Å². The maximum Gasteiger partial charge on any atom is 0.229 e. The summed E-state index contributed by atoms with van der Waals surface area (Å²) in [5.41, 5.74) is 1.47. The number of likely N-dealkylation sites (tertiary alicyclic amines) is 1. The highest BCUT2D eigenvalue weighted by atomic mass is 19.1. The van der Waals surface area contributed by atoms with Crippen molar-refractivity contribution in [2.45, 2.75) is 13.0 Å². The van der Waals surface area contributed by atoms with Crippen LogP contribution in [0.15, 0.2) is 48.5 Å². The molecule has 0 radical (unpaired) electrons. The molecule has 3 rings (SSSR count). The highest BCUT2D eigenvalue weighted by molar-refractivity contribution is 5.97. The molecule has 2 aromatic rings. The van der Waals surface area contributed by atoms with Crippen LogP contribution in [0.2, 0.25) is 0 Å². The van der Waals surface area contributed by atoms with E-state index >= 15 is 0 Å². The molecule has 5 nitrogen and oxygen atoms in total. The van der Waals surface area contributed by atoms with Crippen molar-refractivity contribution in [1.29, 1.82) is 0 Å². The van der Waals surface area contributed by atoms with E-state index in [1.165, 1.54) is 12.1 Å². The van der Waals surface area contributed by atoms with Gasteiger partial charge in [-0.15, -0.1) is 0 Å². The summed E-state index contributed by atoms with van der Waals surface area (Å²) < 4.78 is 18.1. The lowest BCUT2D eigenvalue weighted by Gasteiger charge is -2.17. The van der Waals surface area contributed by atoms with E-state index in [2.05, 4.69) is 5.32 Å². The molecular formula is C19H19FN2O3. The van der Waals surface area contributed by atoms with E-state index < -0.39 is 5.92 Å². The Hall–Kier alpha value is -2.89. The Morgan fingerprint density at radius 2 is 2.04 bits per heavy atom. The predicted octanol–water partition coefficient (Wildman–Crippen LogP) is 2.82. The highest BCUT2D eigenvalue weighted by Crippen LogP contribution is 2.23. The fourth-order valence-electron chi connectivity index (χ4n) is 2.86. The van der Waals surface area contributed by atoms with Gasteiger partial charge in [-0.25, -0.2) is 4.39 Å². The number of benzene rings is 2. The third-order valence-electron chi connectivity index (χ3n) is 4.21. The second kappa shape index (κ2) is 7.34. The fraction of sp³-hybridized carbons (Fsp3) is 0.263. The molecule has 130 valence electrons. The predicted molar refractivity (Wildman–Crippen MR) is 91.5 cm³/mol. The Morgan fingerprint density at radius 3 is 2.76 bits per heavy atom. The fourth-order valence-corrected chi connectivity index (χ4v) is 2.86.